The van der Waals surface area contributed by atoms with Crippen molar-refractivity contribution in [1.29, 1.82) is 0 Å². The van der Waals surface area contributed by atoms with Gasteiger partial charge in [0.15, 0.2) is 0 Å². The average molecular weight is 242 g/mol. The van der Waals surface area contributed by atoms with Gasteiger partial charge in [0.05, 0.1) is 0 Å². The molecule has 0 spiro atoms. The van der Waals surface area contributed by atoms with Crippen LogP contribution in [0.1, 0.15) is 11.1 Å². The van der Waals surface area contributed by atoms with Crippen LogP contribution < -0.4 is 4.90 Å². The predicted molar refractivity (Wildman–Crippen MR) is 71.2 cm³/mol. The van der Waals surface area contributed by atoms with E-state index in [-0.39, 0.29) is 0 Å². The zero-order valence-corrected chi connectivity index (χ0v) is 10.1. The SMILES string of the molecule is Clc1cccc2c1CC1Cc3ccccc3N21. The second-order valence-electron chi connectivity index (χ2n) is 4.80. The standard InChI is InChI=1S/C15H12ClN/c16-13-5-3-7-15-12(13)9-11-8-10-4-1-2-6-14(10)17(11)15/h1-7,11H,8-9H2. The van der Waals surface area contributed by atoms with E-state index in [0.29, 0.717) is 6.04 Å². The summed E-state index contributed by atoms with van der Waals surface area (Å²) < 4.78 is 0. The molecule has 1 unspecified atom stereocenters. The van der Waals surface area contributed by atoms with Crippen LogP contribution in [-0.2, 0) is 12.8 Å². The van der Waals surface area contributed by atoms with Crippen molar-refractivity contribution in [3.8, 4) is 0 Å². The molecule has 0 saturated carbocycles. The maximum absolute atomic E-state index is 6.28. The van der Waals surface area contributed by atoms with Crippen LogP contribution >= 0.6 is 11.6 Å². The summed E-state index contributed by atoms with van der Waals surface area (Å²) in [5, 5.41) is 0.911. The fourth-order valence-electron chi connectivity index (χ4n) is 3.16. The van der Waals surface area contributed by atoms with E-state index in [4.69, 9.17) is 11.6 Å². The lowest BCUT2D eigenvalue weighted by Gasteiger charge is -2.20. The molecule has 0 radical (unpaired) electrons. The molecule has 84 valence electrons. The minimum absolute atomic E-state index is 0.572. The molecule has 0 amide bonds. The predicted octanol–water partition coefficient (Wildman–Crippen LogP) is 3.96. The summed E-state index contributed by atoms with van der Waals surface area (Å²) in [5.74, 6) is 0. The number of benzene rings is 2. The zero-order valence-electron chi connectivity index (χ0n) is 9.36. The third-order valence-electron chi connectivity index (χ3n) is 3.87. The van der Waals surface area contributed by atoms with Gasteiger partial charge in [0.1, 0.15) is 0 Å². The largest absolute Gasteiger partial charge is 0.337 e. The smallest absolute Gasteiger partial charge is 0.0461 e. The van der Waals surface area contributed by atoms with Gasteiger partial charge in [-0.15, -0.1) is 0 Å². The van der Waals surface area contributed by atoms with Crippen molar-refractivity contribution in [3.05, 3.63) is 58.6 Å². The van der Waals surface area contributed by atoms with Gasteiger partial charge < -0.3 is 4.90 Å². The van der Waals surface area contributed by atoms with Crippen molar-refractivity contribution in [1.82, 2.24) is 0 Å². The maximum Gasteiger partial charge on any atom is 0.0461 e. The molecule has 0 fully saturated rings. The minimum atomic E-state index is 0.572. The first-order valence-corrected chi connectivity index (χ1v) is 6.37. The Morgan fingerprint density at radius 1 is 0.941 bits per heavy atom. The van der Waals surface area contributed by atoms with Crippen LogP contribution in [-0.4, -0.2) is 6.04 Å². The first-order chi connectivity index (χ1) is 8.34. The van der Waals surface area contributed by atoms with Gasteiger partial charge in [-0.2, -0.15) is 0 Å². The Morgan fingerprint density at radius 3 is 2.71 bits per heavy atom. The Hall–Kier alpha value is -1.47. The lowest BCUT2D eigenvalue weighted by Crippen LogP contribution is -2.22. The number of hydrogen-bond donors (Lipinski definition) is 0. The molecule has 0 aromatic heterocycles. The quantitative estimate of drug-likeness (QED) is 0.675. The average Bonchev–Trinajstić information content (AvgIpc) is 2.85. The van der Waals surface area contributed by atoms with E-state index in [2.05, 4.69) is 35.2 Å². The molecule has 1 atom stereocenters. The lowest BCUT2D eigenvalue weighted by atomic mass is 10.0. The van der Waals surface area contributed by atoms with Crippen LogP contribution in [0.25, 0.3) is 0 Å². The van der Waals surface area contributed by atoms with E-state index >= 15 is 0 Å². The molecule has 0 N–H and O–H groups in total. The van der Waals surface area contributed by atoms with Crippen LogP contribution in [0.5, 0.6) is 0 Å². The molecular weight excluding hydrogens is 230 g/mol. The highest BCUT2D eigenvalue weighted by Crippen LogP contribution is 2.47. The summed E-state index contributed by atoms with van der Waals surface area (Å²) in [6, 6.07) is 15.5. The van der Waals surface area contributed by atoms with Gasteiger partial charge in [0.2, 0.25) is 0 Å². The number of hydrogen-bond acceptors (Lipinski definition) is 1. The second-order valence-corrected chi connectivity index (χ2v) is 5.21. The third-order valence-corrected chi connectivity index (χ3v) is 4.22. The van der Waals surface area contributed by atoms with Crippen LogP contribution in [0.4, 0.5) is 11.4 Å². The highest BCUT2D eigenvalue weighted by molar-refractivity contribution is 6.32. The summed E-state index contributed by atoms with van der Waals surface area (Å²) in [6.45, 7) is 0. The van der Waals surface area contributed by atoms with Gasteiger partial charge in [-0.3, -0.25) is 0 Å². The molecule has 0 bridgehead atoms. The molecule has 2 aromatic carbocycles. The zero-order chi connectivity index (χ0) is 11.4. The van der Waals surface area contributed by atoms with Crippen molar-refractivity contribution in [2.24, 2.45) is 0 Å². The van der Waals surface area contributed by atoms with Crippen molar-refractivity contribution in [3.63, 3.8) is 0 Å². The van der Waals surface area contributed by atoms with Gasteiger partial charge >= 0.3 is 0 Å². The van der Waals surface area contributed by atoms with Crippen molar-refractivity contribution >= 4 is 23.0 Å². The summed E-state index contributed by atoms with van der Waals surface area (Å²) in [6.07, 6.45) is 2.21. The van der Waals surface area contributed by atoms with Gasteiger partial charge in [0, 0.05) is 22.4 Å². The molecular formula is C15H12ClN. The van der Waals surface area contributed by atoms with E-state index in [1.165, 1.54) is 22.5 Å². The topological polar surface area (TPSA) is 3.24 Å². The molecule has 2 heteroatoms. The summed E-state index contributed by atoms with van der Waals surface area (Å²) >= 11 is 6.28. The molecule has 1 nitrogen and oxygen atoms in total. The molecule has 2 heterocycles. The van der Waals surface area contributed by atoms with E-state index in [1.807, 2.05) is 12.1 Å². The first-order valence-electron chi connectivity index (χ1n) is 5.99. The third kappa shape index (κ3) is 1.20. The Labute approximate surface area is 106 Å². The highest BCUT2D eigenvalue weighted by Gasteiger charge is 2.37. The number of anilines is 2. The Kier molecular flexibility index (Phi) is 1.84. The van der Waals surface area contributed by atoms with Crippen LogP contribution in [0.2, 0.25) is 5.02 Å². The number of nitrogens with zero attached hydrogens (tertiary/aromatic N) is 1. The van der Waals surface area contributed by atoms with Crippen molar-refractivity contribution in [2.45, 2.75) is 18.9 Å². The molecule has 0 aliphatic carbocycles. The second kappa shape index (κ2) is 3.27. The van der Waals surface area contributed by atoms with E-state index in [9.17, 15) is 0 Å². The van der Waals surface area contributed by atoms with Crippen LogP contribution in [0.3, 0.4) is 0 Å². The molecule has 2 aliphatic heterocycles. The van der Waals surface area contributed by atoms with Gasteiger partial charge in [-0.25, -0.2) is 0 Å². The fourth-order valence-corrected chi connectivity index (χ4v) is 3.41. The van der Waals surface area contributed by atoms with Gasteiger partial charge in [-0.05, 0) is 42.2 Å². The van der Waals surface area contributed by atoms with E-state index in [1.54, 1.807) is 0 Å². The lowest BCUT2D eigenvalue weighted by molar-refractivity contribution is 0.725. The number of halogens is 1. The maximum atomic E-state index is 6.28. The monoisotopic (exact) mass is 241 g/mol. The Bertz CT molecular complexity index is 606. The van der Waals surface area contributed by atoms with E-state index < -0.39 is 0 Å². The van der Waals surface area contributed by atoms with E-state index in [0.717, 1.165) is 17.9 Å². The highest BCUT2D eigenvalue weighted by atomic mass is 35.5. The molecule has 17 heavy (non-hydrogen) atoms. The molecule has 0 saturated heterocycles. The fraction of sp³-hybridized carbons (Fsp3) is 0.200. The number of rotatable bonds is 0. The molecule has 2 aliphatic rings. The minimum Gasteiger partial charge on any atom is -0.337 e. The normalized spacial score (nSPS) is 20.1. The number of fused-ring (bicyclic) bond motifs is 5. The summed E-state index contributed by atoms with van der Waals surface area (Å²) in [4.78, 5) is 2.45. The first kappa shape index (κ1) is 9.55. The van der Waals surface area contributed by atoms with Crippen molar-refractivity contribution in [2.75, 3.05) is 4.90 Å². The van der Waals surface area contributed by atoms with Crippen LogP contribution in [0.15, 0.2) is 42.5 Å². The molecule has 2 aromatic rings. The summed E-state index contributed by atoms with van der Waals surface area (Å²) in [7, 11) is 0. The van der Waals surface area contributed by atoms with Crippen LogP contribution in [0, 0.1) is 0 Å². The number of para-hydroxylation sites is 1. The van der Waals surface area contributed by atoms with Gasteiger partial charge in [0.25, 0.3) is 0 Å². The van der Waals surface area contributed by atoms with Gasteiger partial charge in [-0.1, -0.05) is 35.9 Å². The Morgan fingerprint density at radius 2 is 1.76 bits per heavy atom. The molecule has 4 rings (SSSR count). The van der Waals surface area contributed by atoms with Crippen molar-refractivity contribution < 1.29 is 0 Å². The Balaban J connectivity index is 1.93. The summed E-state index contributed by atoms with van der Waals surface area (Å²) in [5.41, 5.74) is 5.43.